The van der Waals surface area contributed by atoms with Gasteiger partial charge < -0.3 is 10.6 Å². The minimum atomic E-state index is 0.104. The molecule has 0 aliphatic heterocycles. The molecule has 4 heteroatoms. The van der Waals surface area contributed by atoms with Crippen molar-refractivity contribution >= 4 is 16.7 Å². The predicted molar refractivity (Wildman–Crippen MR) is 85.9 cm³/mol. The number of carbonyl (C=O) groups is 1. The molecule has 0 saturated carbocycles. The fourth-order valence-electron chi connectivity index (χ4n) is 2.15. The maximum absolute atomic E-state index is 11.6. The molecule has 1 amide bonds. The zero-order valence-electron chi connectivity index (χ0n) is 12.7. The summed E-state index contributed by atoms with van der Waals surface area (Å²) in [4.78, 5) is 15.9. The van der Waals surface area contributed by atoms with Gasteiger partial charge in [-0.05, 0) is 16.9 Å². The number of aromatic nitrogens is 1. The van der Waals surface area contributed by atoms with E-state index in [1.54, 1.807) is 0 Å². The van der Waals surface area contributed by atoms with Crippen molar-refractivity contribution in [3.05, 3.63) is 42.2 Å². The standard InChI is InChI=1S/C17H23N3O/c1-13(2)9-20-17(21)7-8-18-11-15-12-19-10-14-5-3-4-6-16(14)15/h3-6,10,12-13,18H,7-9,11H2,1-2H3,(H,20,21). The number of hydrogen-bond acceptors (Lipinski definition) is 3. The molecule has 2 aromatic rings. The SMILES string of the molecule is CC(C)CNC(=O)CCNCc1cncc2ccccc12. The fourth-order valence-corrected chi connectivity index (χ4v) is 2.15. The van der Waals surface area contributed by atoms with Crippen molar-refractivity contribution in [2.45, 2.75) is 26.8 Å². The molecule has 0 unspecified atom stereocenters. The van der Waals surface area contributed by atoms with Crippen LogP contribution >= 0.6 is 0 Å². The highest BCUT2D eigenvalue weighted by Crippen LogP contribution is 2.16. The Morgan fingerprint density at radius 1 is 1.24 bits per heavy atom. The molecule has 21 heavy (non-hydrogen) atoms. The number of rotatable bonds is 7. The predicted octanol–water partition coefficient (Wildman–Crippen LogP) is 2.49. The summed E-state index contributed by atoms with van der Waals surface area (Å²) in [5, 5.41) is 8.59. The summed E-state index contributed by atoms with van der Waals surface area (Å²) in [5.74, 6) is 0.593. The zero-order valence-corrected chi connectivity index (χ0v) is 12.7. The highest BCUT2D eigenvalue weighted by Gasteiger charge is 2.03. The second-order valence-corrected chi connectivity index (χ2v) is 5.64. The van der Waals surface area contributed by atoms with Crippen molar-refractivity contribution in [3.63, 3.8) is 0 Å². The van der Waals surface area contributed by atoms with Gasteiger partial charge in [0.15, 0.2) is 0 Å². The van der Waals surface area contributed by atoms with Crippen LogP contribution in [-0.2, 0) is 11.3 Å². The molecular formula is C17H23N3O. The first kappa shape index (κ1) is 15.4. The Balaban J connectivity index is 1.79. The van der Waals surface area contributed by atoms with E-state index in [-0.39, 0.29) is 5.91 Å². The summed E-state index contributed by atoms with van der Waals surface area (Å²) in [6, 6.07) is 8.21. The minimum absolute atomic E-state index is 0.104. The lowest BCUT2D eigenvalue weighted by molar-refractivity contribution is -0.121. The second-order valence-electron chi connectivity index (χ2n) is 5.64. The van der Waals surface area contributed by atoms with E-state index in [0.29, 0.717) is 18.9 Å². The average molecular weight is 285 g/mol. The number of nitrogens with zero attached hydrogens (tertiary/aromatic N) is 1. The van der Waals surface area contributed by atoms with Gasteiger partial charge in [0, 0.05) is 43.8 Å². The zero-order chi connectivity index (χ0) is 15.1. The monoisotopic (exact) mass is 285 g/mol. The molecule has 0 atom stereocenters. The topological polar surface area (TPSA) is 54.0 Å². The molecule has 1 aromatic carbocycles. The number of amides is 1. The summed E-state index contributed by atoms with van der Waals surface area (Å²) in [6.07, 6.45) is 4.26. The van der Waals surface area contributed by atoms with Crippen LogP contribution < -0.4 is 10.6 Å². The van der Waals surface area contributed by atoms with Crippen LogP contribution in [0.25, 0.3) is 10.8 Å². The maximum atomic E-state index is 11.6. The highest BCUT2D eigenvalue weighted by molar-refractivity contribution is 5.84. The van der Waals surface area contributed by atoms with Crippen molar-refractivity contribution in [3.8, 4) is 0 Å². The summed E-state index contributed by atoms with van der Waals surface area (Å²) < 4.78 is 0. The Morgan fingerprint density at radius 2 is 2.05 bits per heavy atom. The normalized spacial score (nSPS) is 11.0. The summed E-state index contributed by atoms with van der Waals surface area (Å²) in [6.45, 7) is 6.32. The largest absolute Gasteiger partial charge is 0.356 e. The van der Waals surface area contributed by atoms with Gasteiger partial charge in [-0.15, -0.1) is 0 Å². The molecule has 0 aliphatic carbocycles. The molecule has 0 saturated heterocycles. The van der Waals surface area contributed by atoms with E-state index >= 15 is 0 Å². The van der Waals surface area contributed by atoms with Gasteiger partial charge in [-0.25, -0.2) is 0 Å². The first-order chi connectivity index (χ1) is 10.2. The summed E-state index contributed by atoms with van der Waals surface area (Å²) in [7, 11) is 0. The van der Waals surface area contributed by atoms with Crippen molar-refractivity contribution in [1.29, 1.82) is 0 Å². The third kappa shape index (κ3) is 4.83. The molecule has 112 valence electrons. The van der Waals surface area contributed by atoms with Crippen LogP contribution in [0.3, 0.4) is 0 Å². The lowest BCUT2D eigenvalue weighted by atomic mass is 10.1. The third-order valence-corrected chi connectivity index (χ3v) is 3.30. The van der Waals surface area contributed by atoms with Gasteiger partial charge in [0.1, 0.15) is 0 Å². The molecule has 2 rings (SSSR count). The molecule has 0 fully saturated rings. The molecule has 4 nitrogen and oxygen atoms in total. The fraction of sp³-hybridized carbons (Fsp3) is 0.412. The number of pyridine rings is 1. The second kappa shape index (κ2) is 7.74. The third-order valence-electron chi connectivity index (χ3n) is 3.30. The quantitative estimate of drug-likeness (QED) is 0.768. The number of benzene rings is 1. The highest BCUT2D eigenvalue weighted by atomic mass is 16.1. The smallest absolute Gasteiger partial charge is 0.221 e. The lowest BCUT2D eigenvalue weighted by Gasteiger charge is -2.09. The van der Waals surface area contributed by atoms with Gasteiger partial charge in [0.25, 0.3) is 0 Å². The number of fused-ring (bicyclic) bond motifs is 1. The molecule has 0 spiro atoms. The van der Waals surface area contributed by atoms with Crippen LogP contribution in [0, 0.1) is 5.92 Å². The lowest BCUT2D eigenvalue weighted by Crippen LogP contribution is -2.30. The van der Waals surface area contributed by atoms with Crippen LogP contribution in [0.15, 0.2) is 36.7 Å². The Labute approximate surface area is 126 Å². The maximum Gasteiger partial charge on any atom is 0.221 e. The molecule has 1 aromatic heterocycles. The Morgan fingerprint density at radius 3 is 2.86 bits per heavy atom. The first-order valence-electron chi connectivity index (χ1n) is 7.46. The number of carbonyl (C=O) groups excluding carboxylic acids is 1. The summed E-state index contributed by atoms with van der Waals surface area (Å²) >= 11 is 0. The molecule has 1 heterocycles. The van der Waals surface area contributed by atoms with Crippen molar-refractivity contribution in [1.82, 2.24) is 15.6 Å². The van der Waals surface area contributed by atoms with Crippen LogP contribution in [0.2, 0.25) is 0 Å². The van der Waals surface area contributed by atoms with Gasteiger partial charge >= 0.3 is 0 Å². The molecular weight excluding hydrogens is 262 g/mol. The Hall–Kier alpha value is -1.94. The van der Waals surface area contributed by atoms with Crippen LogP contribution in [0.1, 0.15) is 25.8 Å². The minimum Gasteiger partial charge on any atom is -0.356 e. The van der Waals surface area contributed by atoms with E-state index in [0.717, 1.165) is 24.0 Å². The molecule has 0 aliphatic rings. The molecule has 0 radical (unpaired) electrons. The first-order valence-corrected chi connectivity index (χ1v) is 7.46. The van der Waals surface area contributed by atoms with Gasteiger partial charge in [-0.2, -0.15) is 0 Å². The van der Waals surface area contributed by atoms with E-state index in [2.05, 4.69) is 41.6 Å². The van der Waals surface area contributed by atoms with E-state index in [9.17, 15) is 4.79 Å². The van der Waals surface area contributed by atoms with Crippen molar-refractivity contribution < 1.29 is 4.79 Å². The van der Waals surface area contributed by atoms with E-state index in [1.807, 2.05) is 24.5 Å². The van der Waals surface area contributed by atoms with Crippen LogP contribution in [-0.4, -0.2) is 24.0 Å². The number of hydrogen-bond donors (Lipinski definition) is 2. The van der Waals surface area contributed by atoms with E-state index in [1.165, 1.54) is 5.39 Å². The van der Waals surface area contributed by atoms with Gasteiger partial charge in [-0.3, -0.25) is 9.78 Å². The van der Waals surface area contributed by atoms with E-state index in [4.69, 9.17) is 0 Å². The van der Waals surface area contributed by atoms with Gasteiger partial charge in [0.2, 0.25) is 5.91 Å². The van der Waals surface area contributed by atoms with Crippen LogP contribution in [0.5, 0.6) is 0 Å². The average Bonchev–Trinajstić information content (AvgIpc) is 2.49. The Bertz CT molecular complexity index is 590. The molecule has 2 N–H and O–H groups in total. The van der Waals surface area contributed by atoms with E-state index < -0.39 is 0 Å². The Kier molecular flexibility index (Phi) is 5.69. The molecule has 0 bridgehead atoms. The van der Waals surface area contributed by atoms with Gasteiger partial charge in [-0.1, -0.05) is 38.1 Å². The van der Waals surface area contributed by atoms with Crippen molar-refractivity contribution in [2.75, 3.05) is 13.1 Å². The van der Waals surface area contributed by atoms with Gasteiger partial charge in [0.05, 0.1) is 0 Å². The van der Waals surface area contributed by atoms with Crippen molar-refractivity contribution in [2.24, 2.45) is 5.92 Å². The van der Waals surface area contributed by atoms with Crippen LogP contribution in [0.4, 0.5) is 0 Å². The number of nitrogens with one attached hydrogen (secondary N) is 2. The summed E-state index contributed by atoms with van der Waals surface area (Å²) in [5.41, 5.74) is 1.16.